The molecule has 1 unspecified atom stereocenters. The lowest BCUT2D eigenvalue weighted by Crippen LogP contribution is -2.15. The zero-order chi connectivity index (χ0) is 13.6. The quantitative estimate of drug-likeness (QED) is 0.817. The van der Waals surface area contributed by atoms with E-state index >= 15 is 0 Å². The van der Waals surface area contributed by atoms with Crippen LogP contribution in [0.3, 0.4) is 0 Å². The van der Waals surface area contributed by atoms with Gasteiger partial charge in [0.05, 0.1) is 0 Å². The molecule has 100 valence electrons. The number of rotatable bonds is 4. The van der Waals surface area contributed by atoms with Gasteiger partial charge in [-0.1, -0.05) is 36.4 Å². The van der Waals surface area contributed by atoms with E-state index in [9.17, 15) is 0 Å². The third-order valence-corrected chi connectivity index (χ3v) is 3.04. The summed E-state index contributed by atoms with van der Waals surface area (Å²) in [6, 6.07) is 19.7. The van der Waals surface area contributed by atoms with Crippen molar-refractivity contribution in [1.29, 1.82) is 0 Å². The maximum absolute atomic E-state index is 5.87. The molecule has 3 rings (SSSR count). The molecule has 0 aliphatic heterocycles. The van der Waals surface area contributed by atoms with E-state index in [1.54, 1.807) is 0 Å². The average molecular weight is 264 g/mol. The van der Waals surface area contributed by atoms with Gasteiger partial charge in [-0.25, -0.2) is 0 Å². The van der Waals surface area contributed by atoms with Gasteiger partial charge in [-0.3, -0.25) is 0 Å². The summed E-state index contributed by atoms with van der Waals surface area (Å²) in [7, 11) is 0. The van der Waals surface area contributed by atoms with Crippen LogP contribution in [0.15, 0.2) is 84.7 Å². The van der Waals surface area contributed by atoms with Crippen molar-refractivity contribution >= 4 is 0 Å². The fourth-order valence-electron chi connectivity index (χ4n) is 2.04. The molecule has 0 saturated heterocycles. The Bertz CT molecular complexity index is 600. The predicted molar refractivity (Wildman–Crippen MR) is 79.8 cm³/mol. The smallest absolute Gasteiger partial charge is 0.127 e. The summed E-state index contributed by atoms with van der Waals surface area (Å²) in [5.74, 6) is 2.61. The lowest BCUT2D eigenvalue weighted by atomic mass is 10.1. The highest BCUT2D eigenvalue weighted by atomic mass is 16.5. The number of para-hydroxylation sites is 2. The van der Waals surface area contributed by atoms with E-state index in [4.69, 9.17) is 9.47 Å². The molecule has 2 nitrogen and oxygen atoms in total. The summed E-state index contributed by atoms with van der Waals surface area (Å²) < 4.78 is 11.6. The largest absolute Gasteiger partial charge is 0.486 e. The minimum absolute atomic E-state index is 0.0699. The molecule has 2 aromatic carbocycles. The average Bonchev–Trinajstić information content (AvgIpc) is 2.51. The molecule has 20 heavy (non-hydrogen) atoms. The zero-order valence-electron chi connectivity index (χ0n) is 11.1. The molecule has 0 spiro atoms. The topological polar surface area (TPSA) is 18.5 Å². The lowest BCUT2D eigenvalue weighted by Gasteiger charge is -2.18. The Morgan fingerprint density at radius 2 is 1.45 bits per heavy atom. The minimum Gasteiger partial charge on any atom is -0.486 e. The summed E-state index contributed by atoms with van der Waals surface area (Å²) in [6.07, 6.45) is 6.93. The summed E-state index contributed by atoms with van der Waals surface area (Å²) in [5.41, 5.74) is 0. The van der Waals surface area contributed by atoms with Gasteiger partial charge >= 0.3 is 0 Å². The van der Waals surface area contributed by atoms with Crippen LogP contribution < -0.4 is 9.47 Å². The molecule has 1 atom stereocenters. The van der Waals surface area contributed by atoms with Crippen molar-refractivity contribution in [1.82, 2.24) is 0 Å². The van der Waals surface area contributed by atoms with E-state index in [0.29, 0.717) is 0 Å². The van der Waals surface area contributed by atoms with Crippen LogP contribution in [0.25, 0.3) is 0 Å². The van der Waals surface area contributed by atoms with Gasteiger partial charge in [0.25, 0.3) is 0 Å². The number of allylic oxidation sites excluding steroid dienone is 1. The van der Waals surface area contributed by atoms with Crippen LogP contribution in [-0.4, -0.2) is 6.10 Å². The maximum atomic E-state index is 5.87. The van der Waals surface area contributed by atoms with Gasteiger partial charge in [0.2, 0.25) is 0 Å². The third kappa shape index (κ3) is 3.29. The number of benzene rings is 2. The van der Waals surface area contributed by atoms with Crippen molar-refractivity contribution in [2.24, 2.45) is 0 Å². The highest BCUT2D eigenvalue weighted by molar-refractivity contribution is 5.29. The monoisotopic (exact) mass is 264 g/mol. The van der Waals surface area contributed by atoms with Gasteiger partial charge in [0.1, 0.15) is 23.4 Å². The minimum atomic E-state index is 0.0699. The van der Waals surface area contributed by atoms with Crippen LogP contribution in [0.1, 0.15) is 6.42 Å². The Hall–Kier alpha value is -2.48. The first-order valence-electron chi connectivity index (χ1n) is 6.73. The second kappa shape index (κ2) is 6.11. The molecule has 0 N–H and O–H groups in total. The Kier molecular flexibility index (Phi) is 3.83. The Labute approximate surface area is 119 Å². The van der Waals surface area contributed by atoms with Crippen LogP contribution in [0.4, 0.5) is 0 Å². The Morgan fingerprint density at radius 3 is 2.05 bits per heavy atom. The molecule has 0 heterocycles. The standard InChI is InChI=1S/C18H16O2/c1-3-7-15(8-4-1)19-17-11-13-18(14-12-17)20-16-9-5-2-6-10-16/h1-13,18H,14H2. The van der Waals surface area contributed by atoms with Gasteiger partial charge in [-0.15, -0.1) is 0 Å². The Morgan fingerprint density at radius 1 is 0.800 bits per heavy atom. The van der Waals surface area contributed by atoms with Crippen molar-refractivity contribution in [3.8, 4) is 11.5 Å². The molecule has 0 fully saturated rings. The molecule has 1 aliphatic rings. The predicted octanol–water partition coefficient (Wildman–Crippen LogP) is 4.36. The van der Waals surface area contributed by atoms with Crippen molar-refractivity contribution in [3.63, 3.8) is 0 Å². The van der Waals surface area contributed by atoms with Crippen LogP contribution in [-0.2, 0) is 0 Å². The fourth-order valence-corrected chi connectivity index (χ4v) is 2.04. The van der Waals surface area contributed by atoms with Crippen LogP contribution >= 0.6 is 0 Å². The van der Waals surface area contributed by atoms with Crippen molar-refractivity contribution in [3.05, 3.63) is 84.7 Å². The molecule has 2 aromatic rings. The second-order valence-electron chi connectivity index (χ2n) is 4.59. The van der Waals surface area contributed by atoms with E-state index in [-0.39, 0.29) is 6.10 Å². The zero-order valence-corrected chi connectivity index (χ0v) is 11.1. The first kappa shape index (κ1) is 12.5. The van der Waals surface area contributed by atoms with E-state index in [0.717, 1.165) is 23.7 Å². The SMILES string of the molecule is C1=CC(Oc2ccccc2)CC=C1Oc1ccccc1. The van der Waals surface area contributed by atoms with Crippen LogP contribution in [0, 0.1) is 0 Å². The summed E-state index contributed by atoms with van der Waals surface area (Å²) in [4.78, 5) is 0. The normalized spacial score (nSPS) is 17.4. The van der Waals surface area contributed by atoms with Gasteiger partial charge in [-0.2, -0.15) is 0 Å². The first-order chi connectivity index (χ1) is 9.90. The van der Waals surface area contributed by atoms with Crippen LogP contribution in [0.5, 0.6) is 11.5 Å². The third-order valence-electron chi connectivity index (χ3n) is 3.04. The van der Waals surface area contributed by atoms with Gasteiger partial charge < -0.3 is 9.47 Å². The van der Waals surface area contributed by atoms with E-state index in [2.05, 4.69) is 6.08 Å². The summed E-state index contributed by atoms with van der Waals surface area (Å²) in [6.45, 7) is 0. The maximum Gasteiger partial charge on any atom is 0.127 e. The van der Waals surface area contributed by atoms with Gasteiger partial charge in [0, 0.05) is 6.42 Å². The lowest BCUT2D eigenvalue weighted by molar-refractivity contribution is 0.248. The molecule has 0 amide bonds. The molecule has 0 bridgehead atoms. The molecular weight excluding hydrogens is 248 g/mol. The van der Waals surface area contributed by atoms with Gasteiger partial charge in [0.15, 0.2) is 0 Å². The van der Waals surface area contributed by atoms with Crippen molar-refractivity contribution in [2.45, 2.75) is 12.5 Å². The van der Waals surface area contributed by atoms with E-state index < -0.39 is 0 Å². The molecule has 0 saturated carbocycles. The van der Waals surface area contributed by atoms with Gasteiger partial charge in [-0.05, 0) is 42.5 Å². The van der Waals surface area contributed by atoms with Crippen LogP contribution in [0.2, 0.25) is 0 Å². The summed E-state index contributed by atoms with van der Waals surface area (Å²) >= 11 is 0. The number of hydrogen-bond donors (Lipinski definition) is 0. The first-order valence-corrected chi connectivity index (χ1v) is 6.73. The fraction of sp³-hybridized carbons (Fsp3) is 0.111. The highest BCUT2D eigenvalue weighted by Crippen LogP contribution is 2.20. The van der Waals surface area contributed by atoms with Crippen molar-refractivity contribution in [2.75, 3.05) is 0 Å². The highest BCUT2D eigenvalue weighted by Gasteiger charge is 2.11. The van der Waals surface area contributed by atoms with E-state index in [1.807, 2.05) is 72.8 Å². The van der Waals surface area contributed by atoms with E-state index in [1.165, 1.54) is 0 Å². The number of hydrogen-bond acceptors (Lipinski definition) is 2. The molecule has 1 aliphatic carbocycles. The molecule has 0 aromatic heterocycles. The Balaban J connectivity index is 1.57. The molecule has 2 heteroatoms. The van der Waals surface area contributed by atoms with Crippen molar-refractivity contribution < 1.29 is 9.47 Å². The molecular formula is C18H16O2. The number of ether oxygens (including phenoxy) is 2. The molecule has 0 radical (unpaired) electrons. The second-order valence-corrected chi connectivity index (χ2v) is 4.59. The summed E-state index contributed by atoms with van der Waals surface area (Å²) in [5, 5.41) is 0.